The summed E-state index contributed by atoms with van der Waals surface area (Å²) in [6.45, 7) is 6.61. The SMILES string of the molecule is CCC(C)N1C(=O)CC(N2CCC(CC)(C(=O)O)C2)C1=O. The molecule has 6 nitrogen and oxygen atoms in total. The molecule has 0 aromatic heterocycles. The molecule has 118 valence electrons. The summed E-state index contributed by atoms with van der Waals surface area (Å²) in [6, 6.07) is -0.563. The topological polar surface area (TPSA) is 77.9 Å². The molecule has 0 aromatic rings. The molecule has 0 bridgehead atoms. The molecule has 3 unspecified atom stereocenters. The van der Waals surface area contributed by atoms with E-state index < -0.39 is 17.4 Å². The summed E-state index contributed by atoms with van der Waals surface area (Å²) in [5, 5.41) is 9.43. The van der Waals surface area contributed by atoms with E-state index in [1.54, 1.807) is 0 Å². The second kappa shape index (κ2) is 5.75. The number of carbonyl (C=O) groups is 3. The van der Waals surface area contributed by atoms with Crippen LogP contribution in [-0.4, -0.2) is 57.9 Å². The quantitative estimate of drug-likeness (QED) is 0.769. The first-order chi connectivity index (χ1) is 9.86. The second-order valence-corrected chi connectivity index (χ2v) is 6.24. The van der Waals surface area contributed by atoms with Crippen LogP contribution in [0.1, 0.15) is 46.5 Å². The normalized spacial score (nSPS) is 32.0. The third kappa shape index (κ3) is 2.57. The van der Waals surface area contributed by atoms with Gasteiger partial charge in [0.15, 0.2) is 0 Å². The van der Waals surface area contributed by atoms with Crippen LogP contribution in [0, 0.1) is 5.41 Å². The Kier molecular flexibility index (Phi) is 4.37. The molecule has 2 saturated heterocycles. The first-order valence-corrected chi connectivity index (χ1v) is 7.69. The van der Waals surface area contributed by atoms with Crippen molar-refractivity contribution >= 4 is 17.8 Å². The molecule has 2 aliphatic heterocycles. The van der Waals surface area contributed by atoms with Crippen molar-refractivity contribution in [3.8, 4) is 0 Å². The van der Waals surface area contributed by atoms with Crippen molar-refractivity contribution in [2.45, 2.75) is 58.5 Å². The van der Waals surface area contributed by atoms with E-state index in [4.69, 9.17) is 0 Å². The monoisotopic (exact) mass is 296 g/mol. The molecule has 2 fully saturated rings. The van der Waals surface area contributed by atoms with Gasteiger partial charge in [-0.3, -0.25) is 24.2 Å². The van der Waals surface area contributed by atoms with Crippen molar-refractivity contribution in [1.82, 2.24) is 9.80 Å². The number of hydrogen-bond acceptors (Lipinski definition) is 4. The minimum Gasteiger partial charge on any atom is -0.481 e. The molecular weight excluding hydrogens is 272 g/mol. The van der Waals surface area contributed by atoms with Gasteiger partial charge in [0.05, 0.1) is 17.9 Å². The van der Waals surface area contributed by atoms with E-state index in [0.29, 0.717) is 25.9 Å². The Morgan fingerprint density at radius 2 is 2.10 bits per heavy atom. The van der Waals surface area contributed by atoms with Crippen LogP contribution >= 0.6 is 0 Å². The molecule has 0 aliphatic carbocycles. The molecule has 2 heterocycles. The van der Waals surface area contributed by atoms with Crippen LogP contribution in [-0.2, 0) is 14.4 Å². The predicted molar refractivity (Wildman–Crippen MR) is 76.6 cm³/mol. The molecule has 3 atom stereocenters. The van der Waals surface area contributed by atoms with Crippen LogP contribution in [0.5, 0.6) is 0 Å². The molecule has 1 N–H and O–H groups in total. The number of amides is 2. The fourth-order valence-electron chi connectivity index (χ4n) is 3.35. The first kappa shape index (κ1) is 15.9. The highest BCUT2D eigenvalue weighted by molar-refractivity contribution is 6.05. The molecule has 6 heteroatoms. The van der Waals surface area contributed by atoms with Crippen molar-refractivity contribution < 1.29 is 19.5 Å². The van der Waals surface area contributed by atoms with E-state index in [9.17, 15) is 19.5 Å². The highest BCUT2D eigenvalue weighted by Crippen LogP contribution is 2.37. The number of carboxylic acids is 1. The van der Waals surface area contributed by atoms with Gasteiger partial charge < -0.3 is 5.11 Å². The lowest BCUT2D eigenvalue weighted by Crippen LogP contribution is -2.45. The summed E-state index contributed by atoms with van der Waals surface area (Å²) < 4.78 is 0. The zero-order chi connectivity index (χ0) is 15.8. The Labute approximate surface area is 125 Å². The molecule has 2 aliphatic rings. The number of hydrogen-bond donors (Lipinski definition) is 1. The van der Waals surface area contributed by atoms with Crippen LogP contribution in [0.15, 0.2) is 0 Å². The zero-order valence-electron chi connectivity index (χ0n) is 13.0. The van der Waals surface area contributed by atoms with Gasteiger partial charge in [-0.2, -0.15) is 0 Å². The van der Waals surface area contributed by atoms with Crippen molar-refractivity contribution in [2.75, 3.05) is 13.1 Å². The van der Waals surface area contributed by atoms with Crippen LogP contribution in [0.3, 0.4) is 0 Å². The van der Waals surface area contributed by atoms with E-state index in [1.165, 1.54) is 4.90 Å². The van der Waals surface area contributed by atoms with E-state index in [-0.39, 0.29) is 24.3 Å². The van der Waals surface area contributed by atoms with Crippen molar-refractivity contribution in [3.63, 3.8) is 0 Å². The third-order valence-corrected chi connectivity index (χ3v) is 5.15. The summed E-state index contributed by atoms with van der Waals surface area (Å²) in [5.74, 6) is -1.10. The zero-order valence-corrected chi connectivity index (χ0v) is 13.0. The Balaban J connectivity index is 2.13. The standard InChI is InChI=1S/C15H24N2O4/c1-4-10(3)17-12(18)8-11(13(17)19)16-7-6-15(5-2,9-16)14(20)21/h10-11H,4-9H2,1-3H3,(H,20,21). The summed E-state index contributed by atoms with van der Waals surface area (Å²) in [7, 11) is 0. The number of carbonyl (C=O) groups excluding carboxylic acids is 2. The van der Waals surface area contributed by atoms with Crippen LogP contribution in [0.2, 0.25) is 0 Å². The fourth-order valence-corrected chi connectivity index (χ4v) is 3.35. The van der Waals surface area contributed by atoms with Gasteiger partial charge in [0.25, 0.3) is 0 Å². The molecule has 0 aromatic carbocycles. The van der Waals surface area contributed by atoms with Gasteiger partial charge in [-0.05, 0) is 26.2 Å². The van der Waals surface area contributed by atoms with Crippen molar-refractivity contribution in [1.29, 1.82) is 0 Å². The minimum absolute atomic E-state index is 0.0898. The van der Waals surface area contributed by atoms with Gasteiger partial charge in [-0.1, -0.05) is 13.8 Å². The van der Waals surface area contributed by atoms with Crippen LogP contribution in [0.25, 0.3) is 0 Å². The Morgan fingerprint density at radius 3 is 2.57 bits per heavy atom. The van der Waals surface area contributed by atoms with E-state index in [2.05, 4.69) is 0 Å². The smallest absolute Gasteiger partial charge is 0.310 e. The average molecular weight is 296 g/mol. The number of imide groups is 1. The number of aliphatic carboxylic acids is 1. The number of rotatable bonds is 5. The second-order valence-electron chi connectivity index (χ2n) is 6.24. The minimum atomic E-state index is -0.803. The Hall–Kier alpha value is -1.43. The largest absolute Gasteiger partial charge is 0.481 e. The number of carboxylic acid groups (broad SMARTS) is 1. The van der Waals surface area contributed by atoms with Gasteiger partial charge in [-0.15, -0.1) is 0 Å². The Morgan fingerprint density at radius 1 is 1.43 bits per heavy atom. The van der Waals surface area contributed by atoms with Gasteiger partial charge in [-0.25, -0.2) is 0 Å². The highest BCUT2D eigenvalue weighted by Gasteiger charge is 2.50. The maximum atomic E-state index is 12.5. The first-order valence-electron chi connectivity index (χ1n) is 7.69. The maximum absolute atomic E-state index is 12.5. The molecule has 21 heavy (non-hydrogen) atoms. The van der Waals surface area contributed by atoms with Crippen LogP contribution < -0.4 is 0 Å². The van der Waals surface area contributed by atoms with Gasteiger partial charge in [0.2, 0.25) is 11.8 Å². The summed E-state index contributed by atoms with van der Waals surface area (Å²) >= 11 is 0. The summed E-state index contributed by atoms with van der Waals surface area (Å²) in [4.78, 5) is 39.3. The average Bonchev–Trinajstić information content (AvgIpc) is 3.00. The maximum Gasteiger partial charge on any atom is 0.310 e. The molecule has 2 rings (SSSR count). The van der Waals surface area contributed by atoms with Gasteiger partial charge >= 0.3 is 5.97 Å². The lowest BCUT2D eigenvalue weighted by molar-refractivity contribution is -0.149. The molecule has 0 spiro atoms. The summed E-state index contributed by atoms with van der Waals surface area (Å²) in [5.41, 5.74) is -0.771. The molecule has 0 saturated carbocycles. The highest BCUT2D eigenvalue weighted by atomic mass is 16.4. The third-order valence-electron chi connectivity index (χ3n) is 5.15. The number of likely N-dealkylation sites (tertiary alicyclic amines) is 2. The summed E-state index contributed by atoms with van der Waals surface area (Å²) in [6.07, 6.45) is 2.00. The predicted octanol–water partition coefficient (Wildman–Crippen LogP) is 1.10. The molecule has 0 radical (unpaired) electrons. The lowest BCUT2D eigenvalue weighted by atomic mass is 9.84. The molecule has 2 amide bonds. The van der Waals surface area contributed by atoms with Crippen LogP contribution in [0.4, 0.5) is 0 Å². The van der Waals surface area contributed by atoms with E-state index in [1.807, 2.05) is 25.7 Å². The fraction of sp³-hybridized carbons (Fsp3) is 0.800. The molecular formula is C15H24N2O4. The Bertz CT molecular complexity index is 465. The number of nitrogens with zero attached hydrogens (tertiary/aromatic N) is 2. The van der Waals surface area contributed by atoms with Gasteiger partial charge in [0, 0.05) is 19.1 Å². The lowest BCUT2D eigenvalue weighted by Gasteiger charge is -2.27. The van der Waals surface area contributed by atoms with Gasteiger partial charge in [0.1, 0.15) is 0 Å². The van der Waals surface area contributed by atoms with Crippen molar-refractivity contribution in [3.05, 3.63) is 0 Å². The van der Waals surface area contributed by atoms with Crippen molar-refractivity contribution in [2.24, 2.45) is 5.41 Å². The van der Waals surface area contributed by atoms with E-state index >= 15 is 0 Å². The van der Waals surface area contributed by atoms with E-state index in [0.717, 1.165) is 6.42 Å².